The highest BCUT2D eigenvalue weighted by Gasteiger charge is 2.22. The van der Waals surface area contributed by atoms with Crippen LogP contribution < -0.4 is 0 Å². The van der Waals surface area contributed by atoms with Crippen molar-refractivity contribution in [2.24, 2.45) is 11.8 Å². The van der Waals surface area contributed by atoms with Crippen LogP contribution in [0.25, 0.3) is 0 Å². The summed E-state index contributed by atoms with van der Waals surface area (Å²) < 4.78 is 5.03. The number of aliphatic hydroxyl groups excluding tert-OH is 1. The van der Waals surface area contributed by atoms with Crippen LogP contribution in [0.15, 0.2) is 24.3 Å². The van der Waals surface area contributed by atoms with E-state index in [9.17, 15) is 9.90 Å². The lowest BCUT2D eigenvalue weighted by Crippen LogP contribution is -2.23. The summed E-state index contributed by atoms with van der Waals surface area (Å²) >= 11 is 0. The van der Waals surface area contributed by atoms with E-state index in [0.717, 1.165) is 17.5 Å². The number of benzene rings is 1. The molecule has 3 nitrogen and oxygen atoms in total. The van der Waals surface area contributed by atoms with E-state index in [0.29, 0.717) is 6.61 Å². The highest BCUT2D eigenvalue weighted by atomic mass is 16.5. The van der Waals surface area contributed by atoms with Crippen molar-refractivity contribution < 1.29 is 14.6 Å². The summed E-state index contributed by atoms with van der Waals surface area (Å²) in [6.07, 6.45) is 0.775. The monoisotopic (exact) mass is 250 g/mol. The second-order valence-electron chi connectivity index (χ2n) is 4.65. The van der Waals surface area contributed by atoms with Gasteiger partial charge in [0.15, 0.2) is 0 Å². The van der Waals surface area contributed by atoms with Crippen LogP contribution in [0, 0.1) is 11.8 Å². The van der Waals surface area contributed by atoms with Gasteiger partial charge in [0.1, 0.15) is 0 Å². The number of esters is 1. The van der Waals surface area contributed by atoms with Crippen molar-refractivity contribution in [2.45, 2.75) is 33.8 Å². The van der Waals surface area contributed by atoms with Gasteiger partial charge in [-0.05, 0) is 30.4 Å². The molecule has 0 saturated heterocycles. The van der Waals surface area contributed by atoms with Crippen molar-refractivity contribution in [3.05, 3.63) is 35.4 Å². The second kappa shape index (κ2) is 7.17. The summed E-state index contributed by atoms with van der Waals surface area (Å²) in [4.78, 5) is 11.7. The summed E-state index contributed by atoms with van der Waals surface area (Å²) in [5, 5.41) is 9.27. The fraction of sp³-hybridized carbons (Fsp3) is 0.533. The van der Waals surface area contributed by atoms with E-state index < -0.39 is 0 Å². The van der Waals surface area contributed by atoms with Gasteiger partial charge in [-0.3, -0.25) is 4.79 Å². The van der Waals surface area contributed by atoms with Crippen LogP contribution in [-0.2, 0) is 22.6 Å². The molecule has 0 heterocycles. The van der Waals surface area contributed by atoms with Crippen molar-refractivity contribution in [3.8, 4) is 0 Å². The summed E-state index contributed by atoms with van der Waals surface area (Å²) in [5.41, 5.74) is 2.03. The first-order valence-electron chi connectivity index (χ1n) is 6.44. The fourth-order valence-electron chi connectivity index (χ4n) is 1.94. The minimum absolute atomic E-state index is 0.0384. The third-order valence-corrected chi connectivity index (χ3v) is 3.34. The van der Waals surface area contributed by atoms with Crippen LogP contribution in [0.2, 0.25) is 0 Å². The minimum Gasteiger partial charge on any atom is -0.466 e. The Labute approximate surface area is 109 Å². The smallest absolute Gasteiger partial charge is 0.308 e. The average molecular weight is 250 g/mol. The Morgan fingerprint density at radius 1 is 1.28 bits per heavy atom. The summed E-state index contributed by atoms with van der Waals surface area (Å²) in [7, 11) is 0. The molecule has 1 aromatic carbocycles. The van der Waals surface area contributed by atoms with Crippen LogP contribution >= 0.6 is 0 Å². The summed E-state index contributed by atoms with van der Waals surface area (Å²) in [6, 6.07) is 7.78. The Morgan fingerprint density at radius 3 is 2.44 bits per heavy atom. The topological polar surface area (TPSA) is 46.5 Å². The van der Waals surface area contributed by atoms with Crippen molar-refractivity contribution in [2.75, 3.05) is 6.61 Å². The van der Waals surface area contributed by atoms with Gasteiger partial charge in [0, 0.05) is 0 Å². The molecule has 0 aliphatic carbocycles. The maximum atomic E-state index is 11.7. The van der Waals surface area contributed by atoms with E-state index in [4.69, 9.17) is 4.74 Å². The molecule has 0 aliphatic heterocycles. The van der Waals surface area contributed by atoms with Crippen molar-refractivity contribution >= 4 is 5.97 Å². The average Bonchev–Trinajstić information content (AvgIpc) is 2.38. The molecule has 100 valence electrons. The van der Waals surface area contributed by atoms with Gasteiger partial charge < -0.3 is 9.84 Å². The molecule has 0 amide bonds. The lowest BCUT2D eigenvalue weighted by Gasteiger charge is -2.19. The third kappa shape index (κ3) is 3.84. The van der Waals surface area contributed by atoms with Crippen LogP contribution in [0.3, 0.4) is 0 Å². The predicted octanol–water partition coefficient (Wildman–Crippen LogP) is 2.56. The van der Waals surface area contributed by atoms with Gasteiger partial charge in [0.2, 0.25) is 0 Å². The van der Waals surface area contributed by atoms with Crippen molar-refractivity contribution in [1.82, 2.24) is 0 Å². The van der Waals surface area contributed by atoms with E-state index in [1.807, 2.05) is 45.0 Å². The Morgan fingerprint density at radius 2 is 1.89 bits per heavy atom. The molecule has 1 N–H and O–H groups in total. The number of carbonyl (C=O) groups excluding carboxylic acids is 1. The molecule has 0 aromatic heterocycles. The Hall–Kier alpha value is -1.35. The fourth-order valence-corrected chi connectivity index (χ4v) is 1.94. The van der Waals surface area contributed by atoms with E-state index in [1.54, 1.807) is 0 Å². The second-order valence-corrected chi connectivity index (χ2v) is 4.65. The van der Waals surface area contributed by atoms with E-state index in [-0.39, 0.29) is 24.4 Å². The third-order valence-electron chi connectivity index (χ3n) is 3.34. The van der Waals surface area contributed by atoms with Crippen LogP contribution in [0.1, 0.15) is 31.9 Å². The van der Waals surface area contributed by atoms with Gasteiger partial charge >= 0.3 is 5.97 Å². The van der Waals surface area contributed by atoms with Crippen LogP contribution in [0.5, 0.6) is 0 Å². The first-order chi connectivity index (χ1) is 8.60. The predicted molar refractivity (Wildman–Crippen MR) is 71.0 cm³/mol. The van der Waals surface area contributed by atoms with Crippen LogP contribution in [0.4, 0.5) is 0 Å². The molecule has 0 spiro atoms. The van der Waals surface area contributed by atoms with E-state index >= 15 is 0 Å². The van der Waals surface area contributed by atoms with Gasteiger partial charge in [0.25, 0.3) is 0 Å². The summed E-state index contributed by atoms with van der Waals surface area (Å²) in [5.74, 6) is -0.0834. The molecule has 18 heavy (non-hydrogen) atoms. The first-order valence-corrected chi connectivity index (χ1v) is 6.44. The van der Waals surface area contributed by atoms with E-state index in [1.165, 1.54) is 0 Å². The lowest BCUT2D eigenvalue weighted by molar-refractivity contribution is -0.149. The summed E-state index contributed by atoms with van der Waals surface area (Å²) in [6.45, 7) is 6.20. The molecule has 1 rings (SSSR count). The molecule has 0 bridgehead atoms. The number of carbonyl (C=O) groups is 1. The molecular weight excluding hydrogens is 228 g/mol. The quantitative estimate of drug-likeness (QED) is 0.789. The maximum Gasteiger partial charge on any atom is 0.308 e. The number of hydrogen-bond acceptors (Lipinski definition) is 3. The van der Waals surface area contributed by atoms with Gasteiger partial charge in [-0.15, -0.1) is 0 Å². The van der Waals surface area contributed by atoms with E-state index in [2.05, 4.69) is 0 Å². The highest BCUT2D eigenvalue weighted by molar-refractivity contribution is 5.72. The molecule has 2 unspecified atom stereocenters. The SMILES string of the molecule is CCOC(=O)C(C)C(C)Cc1ccccc1CO. The normalized spacial score (nSPS) is 14.0. The molecule has 3 heteroatoms. The van der Waals surface area contributed by atoms with Crippen molar-refractivity contribution in [1.29, 1.82) is 0 Å². The highest BCUT2D eigenvalue weighted by Crippen LogP contribution is 2.20. The van der Waals surface area contributed by atoms with Gasteiger partial charge in [0.05, 0.1) is 19.1 Å². The molecule has 0 saturated carbocycles. The number of rotatable bonds is 6. The number of aliphatic hydroxyl groups is 1. The zero-order valence-electron chi connectivity index (χ0n) is 11.3. The Bertz CT molecular complexity index is 387. The van der Waals surface area contributed by atoms with Gasteiger partial charge in [-0.1, -0.05) is 38.1 Å². The van der Waals surface area contributed by atoms with Gasteiger partial charge in [-0.2, -0.15) is 0 Å². The Balaban J connectivity index is 2.69. The molecule has 1 aromatic rings. The standard InChI is InChI=1S/C15H22O3/c1-4-18-15(17)12(3)11(2)9-13-7-5-6-8-14(13)10-16/h5-8,11-12,16H,4,9-10H2,1-3H3. The Kier molecular flexibility index (Phi) is 5.86. The molecule has 0 radical (unpaired) electrons. The zero-order valence-corrected chi connectivity index (χ0v) is 11.3. The molecule has 0 fully saturated rings. The number of ether oxygens (including phenoxy) is 1. The first kappa shape index (κ1) is 14.7. The maximum absolute atomic E-state index is 11.7. The number of hydrogen-bond donors (Lipinski definition) is 1. The molecular formula is C15H22O3. The minimum atomic E-state index is -0.147. The van der Waals surface area contributed by atoms with Crippen LogP contribution in [-0.4, -0.2) is 17.7 Å². The van der Waals surface area contributed by atoms with Gasteiger partial charge in [-0.25, -0.2) is 0 Å². The lowest BCUT2D eigenvalue weighted by atomic mass is 9.88. The van der Waals surface area contributed by atoms with Crippen molar-refractivity contribution in [3.63, 3.8) is 0 Å². The zero-order chi connectivity index (χ0) is 13.5. The molecule has 2 atom stereocenters. The largest absolute Gasteiger partial charge is 0.466 e. The molecule has 0 aliphatic rings.